The van der Waals surface area contributed by atoms with Crippen LogP contribution in [0.1, 0.15) is 17.2 Å². The molecule has 1 aliphatic rings. The highest BCUT2D eigenvalue weighted by Crippen LogP contribution is 2.34. The van der Waals surface area contributed by atoms with Crippen molar-refractivity contribution in [2.45, 2.75) is 13.0 Å². The van der Waals surface area contributed by atoms with Crippen LogP contribution in [-0.2, 0) is 0 Å². The molecule has 1 aliphatic heterocycles. The Morgan fingerprint density at radius 1 is 1.53 bits per heavy atom. The van der Waals surface area contributed by atoms with Gasteiger partial charge in [0.25, 0.3) is 0 Å². The highest BCUT2D eigenvalue weighted by Gasteiger charge is 2.24. The van der Waals surface area contributed by atoms with E-state index in [9.17, 15) is 0 Å². The van der Waals surface area contributed by atoms with Crippen LogP contribution < -0.4 is 10.6 Å². The molecular weight excluding hydrogens is 214 g/mol. The Hall–Kier alpha value is -1.83. The summed E-state index contributed by atoms with van der Waals surface area (Å²) in [6, 6.07) is 7.72. The van der Waals surface area contributed by atoms with Gasteiger partial charge in [-0.2, -0.15) is 5.26 Å². The van der Waals surface area contributed by atoms with Gasteiger partial charge in [0.05, 0.1) is 24.3 Å². The topological polar surface area (TPSA) is 73.3 Å². The Morgan fingerprint density at radius 2 is 2.29 bits per heavy atom. The molecule has 0 fully saturated rings. The van der Waals surface area contributed by atoms with Crippen LogP contribution in [0.3, 0.4) is 0 Å². The molecular formula is C13H15N3O. The Balaban J connectivity index is 2.51. The molecule has 4 heteroatoms. The fraction of sp³-hybridized carbons (Fsp3) is 0.308. The number of nitrogens with zero attached hydrogens (tertiary/aromatic N) is 2. The van der Waals surface area contributed by atoms with Gasteiger partial charge in [-0.05, 0) is 18.6 Å². The number of hydrogen-bond acceptors (Lipinski definition) is 4. The number of nitrogens with two attached hydrogens (primary N) is 1. The maximum Gasteiger partial charge on any atom is 0.0982 e. The van der Waals surface area contributed by atoms with Crippen LogP contribution in [0.25, 0.3) is 0 Å². The first-order chi connectivity index (χ1) is 8.17. The molecule has 2 rings (SSSR count). The van der Waals surface area contributed by atoms with Gasteiger partial charge < -0.3 is 15.7 Å². The Kier molecular flexibility index (Phi) is 3.14. The third-order valence-corrected chi connectivity index (χ3v) is 2.93. The number of fused-ring (bicyclic) bond motifs is 1. The summed E-state index contributed by atoms with van der Waals surface area (Å²) in [6.07, 6.45) is 1.72. The van der Waals surface area contributed by atoms with E-state index in [2.05, 4.69) is 6.07 Å². The maximum atomic E-state index is 9.05. The molecule has 0 saturated carbocycles. The van der Waals surface area contributed by atoms with E-state index in [4.69, 9.17) is 16.1 Å². The number of nitriles is 1. The van der Waals surface area contributed by atoms with E-state index in [1.807, 2.05) is 30.0 Å². The standard InChI is InChI=1S/C13H15N3O/c1-9-2-3-12-11(6-9)13(15)10(7-14)8-16(12)4-5-17/h2-3,6,8,13,17H,4-5,15H2,1H3. The summed E-state index contributed by atoms with van der Waals surface area (Å²) in [5.41, 5.74) is 9.60. The second kappa shape index (κ2) is 4.58. The minimum Gasteiger partial charge on any atom is -0.395 e. The van der Waals surface area contributed by atoms with Gasteiger partial charge in [-0.3, -0.25) is 0 Å². The number of aliphatic hydroxyl groups excluding tert-OH is 1. The molecule has 0 aliphatic carbocycles. The average molecular weight is 229 g/mol. The molecule has 1 unspecified atom stereocenters. The van der Waals surface area contributed by atoms with E-state index < -0.39 is 0 Å². The first-order valence-corrected chi connectivity index (χ1v) is 5.53. The molecule has 1 aromatic rings. The predicted molar refractivity (Wildman–Crippen MR) is 66.2 cm³/mol. The van der Waals surface area contributed by atoms with Gasteiger partial charge in [0.1, 0.15) is 0 Å². The molecule has 1 heterocycles. The van der Waals surface area contributed by atoms with Crippen LogP contribution in [0.5, 0.6) is 0 Å². The molecule has 88 valence electrons. The second-order valence-electron chi connectivity index (χ2n) is 4.15. The number of aliphatic hydroxyl groups is 1. The van der Waals surface area contributed by atoms with Crippen molar-refractivity contribution < 1.29 is 5.11 Å². The molecule has 0 aromatic heterocycles. The lowest BCUT2D eigenvalue weighted by atomic mass is 9.94. The Labute approximate surface area is 101 Å². The van der Waals surface area contributed by atoms with Crippen molar-refractivity contribution in [2.75, 3.05) is 18.1 Å². The number of rotatable bonds is 2. The summed E-state index contributed by atoms with van der Waals surface area (Å²) in [4.78, 5) is 1.87. The van der Waals surface area contributed by atoms with E-state index in [1.54, 1.807) is 6.20 Å². The number of anilines is 1. The van der Waals surface area contributed by atoms with Gasteiger partial charge in [0.2, 0.25) is 0 Å². The molecule has 0 amide bonds. The smallest absolute Gasteiger partial charge is 0.0982 e. The number of benzene rings is 1. The van der Waals surface area contributed by atoms with Crippen LogP contribution in [-0.4, -0.2) is 18.3 Å². The zero-order chi connectivity index (χ0) is 12.4. The van der Waals surface area contributed by atoms with Crippen molar-refractivity contribution in [1.29, 1.82) is 5.26 Å². The lowest BCUT2D eigenvalue weighted by Crippen LogP contribution is -2.29. The summed E-state index contributed by atoms with van der Waals surface area (Å²) in [5, 5.41) is 18.1. The third-order valence-electron chi connectivity index (χ3n) is 2.93. The number of hydrogen-bond donors (Lipinski definition) is 2. The summed E-state index contributed by atoms with van der Waals surface area (Å²) in [7, 11) is 0. The average Bonchev–Trinajstić information content (AvgIpc) is 2.33. The van der Waals surface area contributed by atoms with Gasteiger partial charge in [0, 0.05) is 18.4 Å². The van der Waals surface area contributed by atoms with Crippen LogP contribution in [0.15, 0.2) is 30.0 Å². The van der Waals surface area contributed by atoms with Crippen LogP contribution in [0, 0.1) is 18.3 Å². The number of β-amino-alcohol motifs (C(OH)–C–C–N with tert-alkyl or cyclic N) is 1. The summed E-state index contributed by atoms with van der Waals surface area (Å²) in [5.74, 6) is 0. The second-order valence-corrected chi connectivity index (χ2v) is 4.15. The largest absolute Gasteiger partial charge is 0.395 e. The first kappa shape index (κ1) is 11.6. The fourth-order valence-electron chi connectivity index (χ4n) is 2.06. The van der Waals surface area contributed by atoms with Gasteiger partial charge >= 0.3 is 0 Å². The molecule has 1 atom stereocenters. The predicted octanol–water partition coefficient (Wildman–Crippen LogP) is 1.21. The minimum absolute atomic E-state index is 0.0394. The Morgan fingerprint density at radius 3 is 2.94 bits per heavy atom. The molecule has 0 spiro atoms. The minimum atomic E-state index is -0.371. The van der Waals surface area contributed by atoms with E-state index in [0.29, 0.717) is 12.1 Å². The Bertz CT molecular complexity index is 502. The summed E-state index contributed by atoms with van der Waals surface area (Å²) < 4.78 is 0. The van der Waals surface area contributed by atoms with Crippen LogP contribution >= 0.6 is 0 Å². The molecule has 0 radical (unpaired) electrons. The van der Waals surface area contributed by atoms with E-state index >= 15 is 0 Å². The SMILES string of the molecule is Cc1ccc2c(c1)C(N)C(C#N)=CN2CCO. The lowest BCUT2D eigenvalue weighted by molar-refractivity contribution is 0.305. The number of aryl methyl sites for hydroxylation is 1. The monoisotopic (exact) mass is 229 g/mol. The first-order valence-electron chi connectivity index (χ1n) is 5.53. The molecule has 1 aromatic carbocycles. The van der Waals surface area contributed by atoms with Crippen molar-refractivity contribution in [3.8, 4) is 6.07 Å². The van der Waals surface area contributed by atoms with Gasteiger partial charge in [0.15, 0.2) is 0 Å². The molecule has 4 nitrogen and oxygen atoms in total. The third kappa shape index (κ3) is 2.03. The highest BCUT2D eigenvalue weighted by atomic mass is 16.3. The normalized spacial score (nSPS) is 18.4. The fourth-order valence-corrected chi connectivity index (χ4v) is 2.06. The molecule has 0 saturated heterocycles. The van der Waals surface area contributed by atoms with Crippen molar-refractivity contribution in [3.05, 3.63) is 41.1 Å². The zero-order valence-electron chi connectivity index (χ0n) is 9.72. The van der Waals surface area contributed by atoms with Crippen LogP contribution in [0.2, 0.25) is 0 Å². The van der Waals surface area contributed by atoms with Crippen LogP contribution in [0.4, 0.5) is 5.69 Å². The van der Waals surface area contributed by atoms with E-state index in [1.165, 1.54) is 0 Å². The molecule has 17 heavy (non-hydrogen) atoms. The van der Waals surface area contributed by atoms with Gasteiger partial charge in [-0.1, -0.05) is 17.7 Å². The summed E-state index contributed by atoms with van der Waals surface area (Å²) >= 11 is 0. The highest BCUT2D eigenvalue weighted by molar-refractivity contribution is 5.64. The van der Waals surface area contributed by atoms with Gasteiger partial charge in [-0.15, -0.1) is 0 Å². The maximum absolute atomic E-state index is 9.05. The zero-order valence-corrected chi connectivity index (χ0v) is 9.72. The van der Waals surface area contributed by atoms with E-state index in [0.717, 1.165) is 16.8 Å². The lowest BCUT2D eigenvalue weighted by Gasteiger charge is -2.30. The van der Waals surface area contributed by atoms with Crippen molar-refractivity contribution in [2.24, 2.45) is 5.73 Å². The van der Waals surface area contributed by atoms with Crippen molar-refractivity contribution >= 4 is 5.69 Å². The molecule has 0 bridgehead atoms. The van der Waals surface area contributed by atoms with Crippen molar-refractivity contribution in [3.63, 3.8) is 0 Å². The van der Waals surface area contributed by atoms with Gasteiger partial charge in [-0.25, -0.2) is 0 Å². The summed E-state index contributed by atoms with van der Waals surface area (Å²) in [6.45, 7) is 2.50. The van der Waals surface area contributed by atoms with E-state index in [-0.39, 0.29) is 12.6 Å². The van der Waals surface area contributed by atoms with Crippen molar-refractivity contribution in [1.82, 2.24) is 0 Å². The quantitative estimate of drug-likeness (QED) is 0.799. The molecule has 3 N–H and O–H groups in total.